The first-order valence-electron chi connectivity index (χ1n) is 8.29. The van der Waals surface area contributed by atoms with Gasteiger partial charge >= 0.3 is 0 Å². The third kappa shape index (κ3) is 3.72. The van der Waals surface area contributed by atoms with Crippen molar-refractivity contribution in [2.24, 2.45) is 5.92 Å². The van der Waals surface area contributed by atoms with Crippen molar-refractivity contribution in [2.45, 2.75) is 45.6 Å². The number of carbonyl (C=O) groups excluding carboxylic acids is 1. The highest BCUT2D eigenvalue weighted by molar-refractivity contribution is 5.97. The number of nitrogens with zero attached hydrogens (tertiary/aromatic N) is 2. The number of likely N-dealkylation sites (tertiary alicyclic amines) is 1. The molecule has 1 aliphatic heterocycles. The van der Waals surface area contributed by atoms with E-state index in [2.05, 4.69) is 9.97 Å². The van der Waals surface area contributed by atoms with Crippen molar-refractivity contribution >= 4 is 16.9 Å². The highest BCUT2D eigenvalue weighted by atomic mass is 16.3. The number of hydrogen-bond acceptors (Lipinski definition) is 3. The third-order valence-corrected chi connectivity index (χ3v) is 4.53. The zero-order valence-electron chi connectivity index (χ0n) is 14.1. The van der Waals surface area contributed by atoms with E-state index in [0.29, 0.717) is 11.6 Å². The third-order valence-electron chi connectivity index (χ3n) is 4.53. The first-order valence-corrected chi connectivity index (χ1v) is 8.29. The summed E-state index contributed by atoms with van der Waals surface area (Å²) < 4.78 is 0. The molecule has 124 valence electrons. The Bertz CT molecular complexity index is 707. The van der Waals surface area contributed by atoms with Crippen molar-refractivity contribution in [1.29, 1.82) is 0 Å². The van der Waals surface area contributed by atoms with E-state index in [1.165, 1.54) is 0 Å². The van der Waals surface area contributed by atoms with Crippen LogP contribution in [0.25, 0.3) is 11.0 Å². The lowest BCUT2D eigenvalue weighted by Crippen LogP contribution is -2.40. The van der Waals surface area contributed by atoms with E-state index in [9.17, 15) is 9.90 Å². The summed E-state index contributed by atoms with van der Waals surface area (Å²) >= 11 is 0. The number of carbonyl (C=O) groups is 1. The van der Waals surface area contributed by atoms with Crippen LogP contribution >= 0.6 is 0 Å². The quantitative estimate of drug-likeness (QED) is 0.915. The smallest absolute Gasteiger partial charge is 0.270 e. The van der Waals surface area contributed by atoms with Gasteiger partial charge in [0.05, 0.1) is 16.6 Å². The molecule has 0 spiro atoms. The van der Waals surface area contributed by atoms with Crippen LogP contribution in [0.2, 0.25) is 0 Å². The predicted molar refractivity (Wildman–Crippen MR) is 90.4 cm³/mol. The zero-order chi connectivity index (χ0) is 16.6. The molecule has 0 unspecified atom stereocenters. The number of rotatable bonds is 3. The molecule has 3 heterocycles. The van der Waals surface area contributed by atoms with E-state index in [-0.39, 0.29) is 5.91 Å². The second-order valence-corrected chi connectivity index (χ2v) is 7.38. The number of piperidine rings is 1. The molecule has 5 heteroatoms. The maximum absolute atomic E-state index is 12.7. The van der Waals surface area contributed by atoms with E-state index in [1.807, 2.05) is 44.0 Å². The zero-order valence-corrected chi connectivity index (χ0v) is 14.1. The fourth-order valence-electron chi connectivity index (χ4n) is 3.44. The molecule has 0 bridgehead atoms. The molecule has 1 fully saturated rings. The molecule has 2 N–H and O–H groups in total. The van der Waals surface area contributed by atoms with E-state index in [1.54, 1.807) is 0 Å². The molecule has 0 radical (unpaired) electrons. The van der Waals surface area contributed by atoms with Crippen molar-refractivity contribution < 1.29 is 9.90 Å². The number of aliphatic hydroxyl groups is 1. The summed E-state index contributed by atoms with van der Waals surface area (Å²) in [5, 5.41) is 9.93. The van der Waals surface area contributed by atoms with Gasteiger partial charge in [0.25, 0.3) is 5.91 Å². The Labute approximate surface area is 136 Å². The van der Waals surface area contributed by atoms with Crippen LogP contribution in [0.3, 0.4) is 0 Å². The van der Waals surface area contributed by atoms with Crippen LogP contribution in [0, 0.1) is 12.8 Å². The van der Waals surface area contributed by atoms with Gasteiger partial charge in [-0.05, 0) is 63.6 Å². The number of pyridine rings is 1. The van der Waals surface area contributed by atoms with Crippen molar-refractivity contribution in [3.8, 4) is 0 Å². The summed E-state index contributed by atoms with van der Waals surface area (Å²) in [4.78, 5) is 22.1. The number of amides is 1. The fraction of sp³-hybridized carbons (Fsp3) is 0.556. The molecule has 0 aliphatic carbocycles. The molecule has 1 aliphatic rings. The molecule has 0 saturated carbocycles. The topological polar surface area (TPSA) is 69.2 Å². The van der Waals surface area contributed by atoms with Gasteiger partial charge in [-0.3, -0.25) is 9.78 Å². The molecule has 2 aromatic heterocycles. The number of fused-ring (bicyclic) bond motifs is 1. The molecular weight excluding hydrogens is 290 g/mol. The van der Waals surface area contributed by atoms with Gasteiger partial charge in [-0.15, -0.1) is 0 Å². The predicted octanol–water partition coefficient (Wildman–Crippen LogP) is 2.88. The summed E-state index contributed by atoms with van der Waals surface area (Å²) in [5.74, 6) is 0.536. The fourth-order valence-corrected chi connectivity index (χ4v) is 3.44. The Balaban J connectivity index is 1.66. The highest BCUT2D eigenvalue weighted by Crippen LogP contribution is 2.27. The number of nitrogens with one attached hydrogen (secondary N) is 1. The van der Waals surface area contributed by atoms with Crippen LogP contribution in [0.4, 0.5) is 0 Å². The Hall–Kier alpha value is -1.88. The van der Waals surface area contributed by atoms with E-state index in [4.69, 9.17) is 0 Å². The summed E-state index contributed by atoms with van der Waals surface area (Å²) in [6, 6.07) is 3.84. The van der Waals surface area contributed by atoms with Gasteiger partial charge < -0.3 is 15.0 Å². The van der Waals surface area contributed by atoms with E-state index >= 15 is 0 Å². The van der Waals surface area contributed by atoms with E-state index in [0.717, 1.165) is 48.9 Å². The summed E-state index contributed by atoms with van der Waals surface area (Å²) in [6.45, 7) is 7.19. The normalized spacial score (nSPS) is 17.0. The lowest BCUT2D eigenvalue weighted by Gasteiger charge is -2.34. The molecular formula is C18H25N3O2. The number of aromatic amines is 1. The maximum atomic E-state index is 12.7. The van der Waals surface area contributed by atoms with Crippen LogP contribution in [-0.2, 0) is 0 Å². The highest BCUT2D eigenvalue weighted by Gasteiger charge is 2.28. The van der Waals surface area contributed by atoms with Crippen LogP contribution in [0.1, 0.15) is 49.2 Å². The summed E-state index contributed by atoms with van der Waals surface area (Å²) in [6.07, 6.45) is 4.51. The summed E-state index contributed by atoms with van der Waals surface area (Å²) in [5.41, 5.74) is 2.79. The van der Waals surface area contributed by atoms with Gasteiger partial charge in [-0.2, -0.15) is 0 Å². The first kappa shape index (κ1) is 16.0. The van der Waals surface area contributed by atoms with Crippen LogP contribution in [0.15, 0.2) is 18.3 Å². The SMILES string of the molecule is Cc1cnc2cc(C(=O)N3CCC(CC(C)(C)O)CC3)[nH]c2c1. The van der Waals surface area contributed by atoms with Crippen LogP contribution < -0.4 is 0 Å². The standard InChI is InChI=1S/C18H25N3O2/c1-12-8-15-14(19-11-12)9-16(20-15)17(22)21-6-4-13(5-7-21)10-18(2,3)23/h8-9,11,13,20,23H,4-7,10H2,1-3H3. The van der Waals surface area contributed by atoms with Gasteiger partial charge in [0.15, 0.2) is 0 Å². The monoisotopic (exact) mass is 315 g/mol. The molecule has 1 amide bonds. The Kier molecular flexibility index (Phi) is 4.15. The van der Waals surface area contributed by atoms with E-state index < -0.39 is 5.60 Å². The molecule has 3 rings (SSSR count). The minimum atomic E-state index is -0.627. The van der Waals surface area contributed by atoms with Crippen molar-refractivity contribution in [3.05, 3.63) is 29.6 Å². The van der Waals surface area contributed by atoms with Gasteiger partial charge in [0.2, 0.25) is 0 Å². The Morgan fingerprint density at radius 3 is 2.74 bits per heavy atom. The van der Waals surface area contributed by atoms with Gasteiger partial charge in [-0.1, -0.05) is 0 Å². The van der Waals surface area contributed by atoms with Gasteiger partial charge in [-0.25, -0.2) is 0 Å². The largest absolute Gasteiger partial charge is 0.390 e. The molecule has 0 aromatic carbocycles. The second-order valence-electron chi connectivity index (χ2n) is 7.38. The molecule has 2 aromatic rings. The second kappa shape index (κ2) is 5.96. The molecule has 1 saturated heterocycles. The minimum absolute atomic E-state index is 0.0439. The van der Waals surface area contributed by atoms with Crippen LogP contribution in [0.5, 0.6) is 0 Å². The van der Waals surface area contributed by atoms with Gasteiger partial charge in [0.1, 0.15) is 5.69 Å². The number of aryl methyl sites for hydroxylation is 1. The van der Waals surface area contributed by atoms with Crippen molar-refractivity contribution in [2.75, 3.05) is 13.1 Å². The van der Waals surface area contributed by atoms with Crippen molar-refractivity contribution in [3.63, 3.8) is 0 Å². The minimum Gasteiger partial charge on any atom is -0.390 e. The number of H-pyrrole nitrogens is 1. The van der Waals surface area contributed by atoms with Gasteiger partial charge in [0, 0.05) is 19.3 Å². The lowest BCUT2D eigenvalue weighted by molar-refractivity contribution is 0.0357. The first-order chi connectivity index (χ1) is 10.8. The summed E-state index contributed by atoms with van der Waals surface area (Å²) in [7, 11) is 0. The average molecular weight is 315 g/mol. The van der Waals surface area contributed by atoms with Crippen LogP contribution in [-0.4, -0.2) is 44.6 Å². The number of hydrogen-bond donors (Lipinski definition) is 2. The average Bonchev–Trinajstić information content (AvgIpc) is 2.88. The molecule has 0 atom stereocenters. The Morgan fingerprint density at radius 1 is 1.39 bits per heavy atom. The Morgan fingerprint density at radius 2 is 2.09 bits per heavy atom. The molecule has 5 nitrogen and oxygen atoms in total. The molecule has 23 heavy (non-hydrogen) atoms. The lowest BCUT2D eigenvalue weighted by atomic mass is 9.86. The number of aromatic nitrogens is 2. The maximum Gasteiger partial charge on any atom is 0.270 e. The van der Waals surface area contributed by atoms with Crippen molar-refractivity contribution in [1.82, 2.24) is 14.9 Å².